The summed E-state index contributed by atoms with van der Waals surface area (Å²) in [7, 11) is 2.67. The highest BCUT2D eigenvalue weighted by Gasteiger charge is 2.50. The van der Waals surface area contributed by atoms with Crippen LogP contribution in [-0.4, -0.2) is 33.1 Å². The van der Waals surface area contributed by atoms with Gasteiger partial charge in [0.2, 0.25) is 0 Å². The smallest absolute Gasteiger partial charge is 0.326 e. The monoisotopic (exact) mass is 373 g/mol. The van der Waals surface area contributed by atoms with Crippen molar-refractivity contribution < 1.29 is 27.0 Å². The molecule has 0 heterocycles. The van der Waals surface area contributed by atoms with Crippen LogP contribution in [0.25, 0.3) is 0 Å². The molecule has 1 atom stereocenters. The van der Waals surface area contributed by atoms with Gasteiger partial charge in [0.15, 0.2) is 0 Å². The zero-order valence-electron chi connectivity index (χ0n) is 11.7. The molecule has 21 heavy (non-hydrogen) atoms. The molecule has 8 heteroatoms. The molecule has 0 aromatic heterocycles. The molecule has 0 saturated heterocycles. The van der Waals surface area contributed by atoms with Crippen molar-refractivity contribution in [2.24, 2.45) is 0 Å². The van der Waals surface area contributed by atoms with Crippen LogP contribution >= 0.6 is 15.9 Å². The Morgan fingerprint density at radius 2 is 1.86 bits per heavy atom. The summed E-state index contributed by atoms with van der Waals surface area (Å²) in [5, 5.41) is 2.39. The summed E-state index contributed by atoms with van der Waals surface area (Å²) in [6.07, 6.45) is -3.80. The van der Waals surface area contributed by atoms with Crippen molar-refractivity contribution in [3.8, 4) is 11.5 Å². The summed E-state index contributed by atoms with van der Waals surface area (Å²) in [4.78, 5) is 0. The van der Waals surface area contributed by atoms with E-state index in [4.69, 9.17) is 9.47 Å². The van der Waals surface area contributed by atoms with E-state index >= 15 is 0 Å². The predicted molar refractivity (Wildman–Crippen MR) is 74.6 cm³/mol. The molecule has 0 amide bonds. The van der Waals surface area contributed by atoms with Crippen LogP contribution in [0.5, 0.6) is 11.5 Å². The lowest BCUT2D eigenvalue weighted by atomic mass is 9.99. The zero-order chi connectivity index (χ0) is 16.2. The van der Waals surface area contributed by atoms with Gasteiger partial charge in [0.25, 0.3) is 0 Å². The largest absolute Gasteiger partial charge is 0.495 e. The first-order valence-electron chi connectivity index (χ1n) is 6.10. The van der Waals surface area contributed by atoms with Gasteiger partial charge in [0, 0.05) is 5.56 Å². The fourth-order valence-corrected chi connectivity index (χ4v) is 2.61. The normalized spacial score (nSPS) is 13.4. The van der Waals surface area contributed by atoms with Crippen LogP contribution in [0.15, 0.2) is 16.6 Å². The molecule has 0 aliphatic carbocycles. The lowest BCUT2D eigenvalue weighted by molar-refractivity contribution is -0.151. The highest BCUT2D eigenvalue weighted by Crippen LogP contribution is 2.45. The van der Waals surface area contributed by atoms with E-state index in [1.165, 1.54) is 26.4 Å². The van der Waals surface area contributed by atoms with Gasteiger partial charge in [-0.15, -0.1) is 0 Å². The van der Waals surface area contributed by atoms with Crippen molar-refractivity contribution >= 4 is 15.9 Å². The molecule has 1 N–H and O–H groups in total. The Kier molecular flexibility index (Phi) is 6.27. The first kappa shape index (κ1) is 18.0. The van der Waals surface area contributed by atoms with Crippen molar-refractivity contribution in [1.82, 2.24) is 5.32 Å². The Labute approximate surface area is 128 Å². The molecular formula is C13H16BrF4NO2. The second-order valence-electron chi connectivity index (χ2n) is 4.17. The maximum absolute atomic E-state index is 13.8. The number of halogens is 5. The first-order chi connectivity index (χ1) is 9.81. The molecule has 1 unspecified atom stereocenters. The molecule has 0 bridgehead atoms. The summed E-state index contributed by atoms with van der Waals surface area (Å²) in [5.41, 5.74) is -0.0719. The number of ether oxygens (including phenoxy) is 2. The molecular weight excluding hydrogens is 358 g/mol. The highest BCUT2D eigenvalue weighted by atomic mass is 79.9. The Bertz CT molecular complexity index is 485. The van der Waals surface area contributed by atoms with Crippen LogP contribution in [0.2, 0.25) is 0 Å². The van der Waals surface area contributed by atoms with Crippen LogP contribution < -0.4 is 14.8 Å². The van der Waals surface area contributed by atoms with E-state index in [0.29, 0.717) is 5.75 Å². The van der Waals surface area contributed by atoms with Crippen molar-refractivity contribution in [2.45, 2.75) is 25.3 Å². The van der Waals surface area contributed by atoms with Crippen molar-refractivity contribution in [3.05, 3.63) is 22.2 Å². The number of methoxy groups -OCH3 is 2. The second kappa shape index (κ2) is 7.31. The molecule has 3 nitrogen and oxygen atoms in total. The number of alkyl halides is 4. The number of hydrogen-bond acceptors (Lipinski definition) is 3. The van der Waals surface area contributed by atoms with Gasteiger partial charge in [0.05, 0.1) is 14.2 Å². The standard InChI is InChI=1S/C13H16BrF4NO2/c1-4-19-11(13(17,18)12(15)16)7-5-6-8(20-2)9(14)10(7)21-3/h5-6,11-12,19H,4H2,1-3H3. The van der Waals surface area contributed by atoms with E-state index < -0.39 is 18.4 Å². The van der Waals surface area contributed by atoms with E-state index in [0.717, 1.165) is 0 Å². The topological polar surface area (TPSA) is 30.5 Å². The SMILES string of the molecule is CCNC(c1ccc(OC)c(Br)c1OC)C(F)(F)C(F)F. The third-order valence-corrected chi connectivity index (χ3v) is 3.66. The first-order valence-corrected chi connectivity index (χ1v) is 6.90. The molecule has 1 aromatic carbocycles. The Morgan fingerprint density at radius 3 is 2.29 bits per heavy atom. The Morgan fingerprint density at radius 1 is 1.24 bits per heavy atom. The number of benzene rings is 1. The molecule has 0 fully saturated rings. The van der Waals surface area contributed by atoms with Gasteiger partial charge in [0.1, 0.15) is 22.0 Å². The van der Waals surface area contributed by atoms with E-state index in [2.05, 4.69) is 21.2 Å². The van der Waals surface area contributed by atoms with Crippen molar-refractivity contribution in [3.63, 3.8) is 0 Å². The lowest BCUT2D eigenvalue weighted by Gasteiger charge is -2.29. The fraction of sp³-hybridized carbons (Fsp3) is 0.538. The number of rotatable bonds is 7. The van der Waals surface area contributed by atoms with Gasteiger partial charge in [-0.1, -0.05) is 6.92 Å². The minimum atomic E-state index is -4.24. The maximum atomic E-state index is 13.8. The van der Waals surface area contributed by atoms with Gasteiger partial charge in [-0.05, 0) is 34.6 Å². The summed E-state index contributed by atoms with van der Waals surface area (Å²) >= 11 is 3.17. The minimum absolute atomic E-state index is 0.0284. The zero-order valence-corrected chi connectivity index (χ0v) is 13.3. The van der Waals surface area contributed by atoms with E-state index in [1.807, 2.05) is 0 Å². The fourth-order valence-electron chi connectivity index (χ4n) is 1.93. The summed E-state index contributed by atoms with van der Waals surface area (Å²) in [5.74, 6) is -3.86. The molecule has 0 radical (unpaired) electrons. The average molecular weight is 374 g/mol. The van der Waals surface area contributed by atoms with Crippen molar-refractivity contribution in [1.29, 1.82) is 0 Å². The van der Waals surface area contributed by atoms with Gasteiger partial charge >= 0.3 is 12.3 Å². The average Bonchev–Trinajstić information content (AvgIpc) is 2.44. The Balaban J connectivity index is 3.42. The van der Waals surface area contributed by atoms with Crippen LogP contribution in [0.4, 0.5) is 17.6 Å². The lowest BCUT2D eigenvalue weighted by Crippen LogP contribution is -2.42. The summed E-state index contributed by atoms with van der Waals surface area (Å²) in [6.45, 7) is 1.65. The highest BCUT2D eigenvalue weighted by molar-refractivity contribution is 9.10. The van der Waals surface area contributed by atoms with Gasteiger partial charge in [-0.2, -0.15) is 8.78 Å². The predicted octanol–water partition coefficient (Wildman–Crippen LogP) is 4.02. The maximum Gasteiger partial charge on any atom is 0.326 e. The second-order valence-corrected chi connectivity index (χ2v) is 4.96. The molecule has 1 aromatic rings. The van der Waals surface area contributed by atoms with Crippen LogP contribution in [0, 0.1) is 0 Å². The molecule has 0 aliphatic rings. The Hall–Kier alpha value is -1.02. The van der Waals surface area contributed by atoms with Gasteiger partial charge in [-0.25, -0.2) is 8.78 Å². The third-order valence-electron chi connectivity index (χ3n) is 2.91. The van der Waals surface area contributed by atoms with E-state index in [9.17, 15) is 17.6 Å². The molecule has 0 saturated carbocycles. The minimum Gasteiger partial charge on any atom is -0.495 e. The molecule has 0 aliphatic heterocycles. The van der Waals surface area contributed by atoms with Crippen molar-refractivity contribution in [2.75, 3.05) is 20.8 Å². The van der Waals surface area contributed by atoms with E-state index in [-0.39, 0.29) is 22.3 Å². The quantitative estimate of drug-likeness (QED) is 0.732. The molecule has 120 valence electrons. The van der Waals surface area contributed by atoms with Crippen LogP contribution in [0.3, 0.4) is 0 Å². The molecule has 0 spiro atoms. The van der Waals surface area contributed by atoms with E-state index in [1.54, 1.807) is 6.92 Å². The van der Waals surface area contributed by atoms with Gasteiger partial charge in [-0.3, -0.25) is 0 Å². The molecule has 1 rings (SSSR count). The number of hydrogen-bond donors (Lipinski definition) is 1. The van der Waals surface area contributed by atoms with Gasteiger partial charge < -0.3 is 14.8 Å². The van der Waals surface area contributed by atoms with Crippen LogP contribution in [0.1, 0.15) is 18.5 Å². The third kappa shape index (κ3) is 3.60. The summed E-state index contributed by atoms with van der Waals surface area (Å²) < 4.78 is 63.4. The number of nitrogens with one attached hydrogen (secondary N) is 1. The van der Waals surface area contributed by atoms with Crippen LogP contribution in [-0.2, 0) is 0 Å². The summed E-state index contributed by atoms with van der Waals surface area (Å²) in [6, 6.07) is 0.819.